The van der Waals surface area contributed by atoms with Crippen LogP contribution in [0.5, 0.6) is 0 Å². The zero-order chi connectivity index (χ0) is 35.7. The number of anilines is 2. The van der Waals surface area contributed by atoms with Crippen LogP contribution in [0.15, 0.2) is 140 Å². The molecule has 1 nitrogen and oxygen atoms in total. The molecule has 7 aromatic carbocycles. The predicted octanol–water partition coefficient (Wildman–Crippen LogP) is 15.2. The van der Waals surface area contributed by atoms with Crippen LogP contribution in [0.4, 0.5) is 11.4 Å². The topological polar surface area (TPSA) is 12.0 Å². The van der Waals surface area contributed by atoms with Crippen molar-refractivity contribution in [2.45, 2.75) is 85.0 Å². The van der Waals surface area contributed by atoms with Crippen LogP contribution < -0.4 is 5.32 Å². The average Bonchev–Trinajstić information content (AvgIpc) is 3.20. The number of unbranched alkanes of at least 4 members (excludes halogenated alkanes) is 4. The minimum Gasteiger partial charge on any atom is -0.356 e. The molecule has 0 aliphatic rings. The molecule has 7 aromatic rings. The highest BCUT2D eigenvalue weighted by atomic mass is 14.9. The highest BCUT2D eigenvalue weighted by Gasteiger charge is 2.19. The van der Waals surface area contributed by atoms with Gasteiger partial charge in [0.15, 0.2) is 0 Å². The fourth-order valence-electron chi connectivity index (χ4n) is 7.81. The molecule has 0 bridgehead atoms. The van der Waals surface area contributed by atoms with E-state index in [1.165, 1.54) is 123 Å². The Kier molecular flexibility index (Phi) is 11.5. The number of hydrogen-bond donors (Lipinski definition) is 1. The zero-order valence-electron chi connectivity index (χ0n) is 31.4. The van der Waals surface area contributed by atoms with E-state index in [9.17, 15) is 0 Å². The lowest BCUT2D eigenvalue weighted by Crippen LogP contribution is -1.99. The van der Waals surface area contributed by atoms with Crippen molar-refractivity contribution >= 4 is 32.9 Å². The first-order valence-corrected chi connectivity index (χ1v) is 19.8. The van der Waals surface area contributed by atoms with Crippen molar-refractivity contribution in [2.24, 2.45) is 0 Å². The van der Waals surface area contributed by atoms with Gasteiger partial charge < -0.3 is 5.32 Å². The van der Waals surface area contributed by atoms with Crippen molar-refractivity contribution in [1.82, 2.24) is 0 Å². The quantitative estimate of drug-likeness (QED) is 0.106. The molecule has 1 N–H and O–H groups in total. The fourth-order valence-corrected chi connectivity index (χ4v) is 7.81. The number of hydrogen-bond acceptors (Lipinski definition) is 1. The summed E-state index contributed by atoms with van der Waals surface area (Å²) in [6.45, 7) is 6.86. The molecule has 52 heavy (non-hydrogen) atoms. The molecule has 0 aliphatic carbocycles. The van der Waals surface area contributed by atoms with Crippen molar-refractivity contribution in [1.29, 1.82) is 0 Å². The molecule has 7 rings (SSSR count). The second-order valence-electron chi connectivity index (χ2n) is 14.5. The second kappa shape index (κ2) is 16.9. The summed E-state index contributed by atoms with van der Waals surface area (Å²) >= 11 is 0. The van der Waals surface area contributed by atoms with E-state index in [4.69, 9.17) is 0 Å². The Bertz CT molecular complexity index is 2220. The summed E-state index contributed by atoms with van der Waals surface area (Å²) in [5.41, 5.74) is 14.5. The van der Waals surface area contributed by atoms with E-state index in [1.807, 2.05) is 0 Å². The van der Waals surface area contributed by atoms with Gasteiger partial charge in [0.25, 0.3) is 0 Å². The lowest BCUT2D eigenvalue weighted by molar-refractivity contribution is 0.717. The third-order valence-corrected chi connectivity index (χ3v) is 10.7. The Morgan fingerprint density at radius 3 is 1.60 bits per heavy atom. The van der Waals surface area contributed by atoms with Gasteiger partial charge in [-0.05, 0) is 140 Å². The summed E-state index contributed by atoms with van der Waals surface area (Å²) in [4.78, 5) is 0. The van der Waals surface area contributed by atoms with Gasteiger partial charge in [-0.25, -0.2) is 0 Å². The molecule has 0 heterocycles. The van der Waals surface area contributed by atoms with Gasteiger partial charge in [0, 0.05) is 11.4 Å². The number of fused-ring (bicyclic) bond motifs is 2. The molecule has 0 fully saturated rings. The van der Waals surface area contributed by atoms with Crippen LogP contribution in [-0.4, -0.2) is 0 Å². The Morgan fingerprint density at radius 2 is 0.942 bits per heavy atom. The second-order valence-corrected chi connectivity index (χ2v) is 14.5. The number of rotatable bonds is 15. The molecule has 0 saturated heterocycles. The maximum atomic E-state index is 3.65. The SMILES string of the molecule is CCCCCc1ccc(-c2ccc(Nc3ccc(-c4cc(CCCC)c(-c5c(CCCC)ccc6ccccc56)c5ccccc45)cc3)cc2)cc1. The van der Waals surface area contributed by atoms with Crippen LogP contribution in [0.25, 0.3) is 54.9 Å². The number of benzene rings is 7. The van der Waals surface area contributed by atoms with E-state index >= 15 is 0 Å². The molecule has 1 heteroatoms. The third kappa shape index (κ3) is 7.85. The van der Waals surface area contributed by atoms with Gasteiger partial charge in [-0.3, -0.25) is 0 Å². The molecule has 0 radical (unpaired) electrons. The Morgan fingerprint density at radius 1 is 0.404 bits per heavy atom. The van der Waals surface area contributed by atoms with Gasteiger partial charge in [-0.15, -0.1) is 0 Å². The van der Waals surface area contributed by atoms with Crippen molar-refractivity contribution in [3.05, 3.63) is 156 Å². The van der Waals surface area contributed by atoms with Gasteiger partial charge in [0.2, 0.25) is 0 Å². The predicted molar refractivity (Wildman–Crippen MR) is 228 cm³/mol. The lowest BCUT2D eigenvalue weighted by atomic mass is 9.82. The molecule has 0 saturated carbocycles. The fraction of sp³-hybridized carbons (Fsp3) is 0.255. The van der Waals surface area contributed by atoms with Crippen molar-refractivity contribution in [3.63, 3.8) is 0 Å². The molecule has 0 aliphatic heterocycles. The average molecular weight is 680 g/mol. The first-order valence-electron chi connectivity index (χ1n) is 19.8. The first kappa shape index (κ1) is 35.3. The summed E-state index contributed by atoms with van der Waals surface area (Å²) in [6, 6.07) is 52.2. The van der Waals surface area contributed by atoms with Crippen molar-refractivity contribution in [2.75, 3.05) is 5.32 Å². The normalized spacial score (nSPS) is 11.4. The smallest absolute Gasteiger partial charge is 0.0384 e. The monoisotopic (exact) mass is 679 g/mol. The molecule has 0 spiro atoms. The Labute approximate surface area is 311 Å². The highest BCUT2D eigenvalue weighted by Crippen LogP contribution is 2.44. The van der Waals surface area contributed by atoms with Crippen LogP contribution in [0.2, 0.25) is 0 Å². The van der Waals surface area contributed by atoms with E-state index < -0.39 is 0 Å². The standard InChI is InChI=1S/C51H53N/c1-4-7-10-15-37-22-24-38(25-23-37)39-28-32-44(33-29-39)52-45-34-30-41(31-35-45)49-36-43(17-9-6-3)51(48-21-14-13-20-47(48)49)50-42(16-8-5-2)27-26-40-18-11-12-19-46(40)50/h11-14,18-36,52H,4-10,15-17H2,1-3H3. The zero-order valence-corrected chi connectivity index (χ0v) is 31.4. The van der Waals surface area contributed by atoms with E-state index in [-0.39, 0.29) is 0 Å². The summed E-state index contributed by atoms with van der Waals surface area (Å²) in [7, 11) is 0. The minimum absolute atomic E-state index is 1.07. The van der Waals surface area contributed by atoms with Crippen molar-refractivity contribution in [3.8, 4) is 33.4 Å². The maximum Gasteiger partial charge on any atom is 0.0384 e. The van der Waals surface area contributed by atoms with Crippen LogP contribution in [0.1, 0.15) is 82.4 Å². The van der Waals surface area contributed by atoms with E-state index in [1.54, 1.807) is 0 Å². The summed E-state index contributed by atoms with van der Waals surface area (Å²) < 4.78 is 0. The molecule has 0 aromatic heterocycles. The molecular formula is C51H53N. The first-order chi connectivity index (χ1) is 25.7. The van der Waals surface area contributed by atoms with Crippen LogP contribution in [0, 0.1) is 0 Å². The van der Waals surface area contributed by atoms with Crippen LogP contribution in [-0.2, 0) is 19.3 Å². The van der Waals surface area contributed by atoms with Crippen LogP contribution >= 0.6 is 0 Å². The molecular weight excluding hydrogens is 627 g/mol. The summed E-state index contributed by atoms with van der Waals surface area (Å²) in [6.07, 6.45) is 11.9. The van der Waals surface area contributed by atoms with Gasteiger partial charge in [0.1, 0.15) is 0 Å². The maximum absolute atomic E-state index is 3.65. The Hall–Kier alpha value is -5.14. The molecule has 0 unspecified atom stereocenters. The third-order valence-electron chi connectivity index (χ3n) is 10.7. The van der Waals surface area contributed by atoms with Crippen LogP contribution in [0.3, 0.4) is 0 Å². The highest BCUT2D eigenvalue weighted by molar-refractivity contribution is 6.11. The van der Waals surface area contributed by atoms with E-state index in [0.717, 1.165) is 24.2 Å². The Balaban J connectivity index is 1.20. The van der Waals surface area contributed by atoms with Gasteiger partial charge in [-0.2, -0.15) is 0 Å². The minimum atomic E-state index is 1.07. The number of aryl methyl sites for hydroxylation is 3. The summed E-state index contributed by atoms with van der Waals surface area (Å²) in [5.74, 6) is 0. The molecule has 0 atom stereocenters. The summed E-state index contributed by atoms with van der Waals surface area (Å²) in [5, 5.41) is 9.00. The van der Waals surface area contributed by atoms with Gasteiger partial charge in [0.05, 0.1) is 0 Å². The molecule has 262 valence electrons. The van der Waals surface area contributed by atoms with Gasteiger partial charge >= 0.3 is 0 Å². The molecule has 0 amide bonds. The largest absolute Gasteiger partial charge is 0.356 e. The number of nitrogens with one attached hydrogen (secondary N) is 1. The lowest BCUT2D eigenvalue weighted by Gasteiger charge is -2.22. The van der Waals surface area contributed by atoms with Gasteiger partial charge in [-0.1, -0.05) is 156 Å². The van der Waals surface area contributed by atoms with E-state index in [2.05, 4.69) is 166 Å². The van der Waals surface area contributed by atoms with Crippen molar-refractivity contribution < 1.29 is 0 Å². The van der Waals surface area contributed by atoms with E-state index in [0.29, 0.717) is 0 Å².